The summed E-state index contributed by atoms with van der Waals surface area (Å²) in [6, 6.07) is 11.3. The predicted octanol–water partition coefficient (Wildman–Crippen LogP) is 4.17. The van der Waals surface area contributed by atoms with Crippen LogP contribution in [0, 0.1) is 0 Å². The van der Waals surface area contributed by atoms with Crippen molar-refractivity contribution >= 4 is 34.5 Å². The summed E-state index contributed by atoms with van der Waals surface area (Å²) in [7, 11) is 1.88. The van der Waals surface area contributed by atoms with Gasteiger partial charge in [0.05, 0.1) is 23.4 Å². The number of nitrogens with one attached hydrogen (secondary N) is 1. The number of hydrogen-bond donors (Lipinski definition) is 3. The second kappa shape index (κ2) is 9.30. The Balaban J connectivity index is 1.68. The Morgan fingerprint density at radius 3 is 2.78 bits per heavy atom. The molecule has 0 saturated carbocycles. The summed E-state index contributed by atoms with van der Waals surface area (Å²) < 4.78 is 8.02. The molecule has 4 rings (SSSR count). The number of aliphatic hydroxyl groups is 1. The van der Waals surface area contributed by atoms with Gasteiger partial charge in [0.1, 0.15) is 22.4 Å². The van der Waals surface area contributed by atoms with Crippen LogP contribution in [0.4, 0.5) is 0 Å². The molecule has 0 aliphatic carbocycles. The molecule has 4 aromatic rings. The summed E-state index contributed by atoms with van der Waals surface area (Å²) in [5.41, 5.74) is 9.79. The van der Waals surface area contributed by atoms with Gasteiger partial charge >= 0.3 is 0 Å². The average molecular weight is 471 g/mol. The van der Waals surface area contributed by atoms with E-state index >= 15 is 0 Å². The Kier molecular flexibility index (Phi) is 6.48. The Hall–Kier alpha value is -2.91. The van der Waals surface area contributed by atoms with E-state index in [-0.39, 0.29) is 6.61 Å². The van der Waals surface area contributed by atoms with Gasteiger partial charge in [0, 0.05) is 29.4 Å². The first kappa shape index (κ1) is 22.3. The molecule has 0 fully saturated rings. The highest BCUT2D eigenvalue weighted by Gasteiger charge is 2.21. The maximum atomic E-state index is 12.1. The van der Waals surface area contributed by atoms with Gasteiger partial charge in [-0.15, -0.1) is 11.3 Å². The molecule has 0 unspecified atom stereocenters. The molecule has 3 aromatic heterocycles. The lowest BCUT2D eigenvalue weighted by Crippen LogP contribution is -2.12. The average Bonchev–Trinajstić information content (AvgIpc) is 3.37. The van der Waals surface area contributed by atoms with Gasteiger partial charge < -0.3 is 20.9 Å². The van der Waals surface area contributed by atoms with Gasteiger partial charge in [-0.3, -0.25) is 9.20 Å². The van der Waals surface area contributed by atoms with Crippen molar-refractivity contribution in [1.29, 1.82) is 0 Å². The molecule has 0 aliphatic heterocycles. The van der Waals surface area contributed by atoms with Crippen molar-refractivity contribution in [2.45, 2.75) is 26.2 Å². The van der Waals surface area contributed by atoms with Crippen LogP contribution in [-0.4, -0.2) is 27.4 Å². The molecular formula is C23H23ClN4O3S. The Morgan fingerprint density at radius 1 is 1.31 bits per heavy atom. The Morgan fingerprint density at radius 2 is 2.09 bits per heavy atom. The van der Waals surface area contributed by atoms with Crippen molar-refractivity contribution in [3.8, 4) is 16.3 Å². The summed E-state index contributed by atoms with van der Waals surface area (Å²) in [5.74, 6) is -0.169. The van der Waals surface area contributed by atoms with Crippen molar-refractivity contribution < 1.29 is 14.6 Å². The van der Waals surface area contributed by atoms with Gasteiger partial charge in [-0.1, -0.05) is 29.8 Å². The summed E-state index contributed by atoms with van der Waals surface area (Å²) in [5, 5.41) is 13.2. The SMILES string of the molecule is CNCc1ccc([C@@H](C)Oc2cc(-c3cnc4ccc(CO)cn34)sc2C(N)=O)c(Cl)c1. The van der Waals surface area contributed by atoms with E-state index in [1.54, 1.807) is 12.3 Å². The fourth-order valence-corrected chi connectivity index (χ4v) is 4.84. The zero-order chi connectivity index (χ0) is 22.8. The first-order valence-electron chi connectivity index (χ1n) is 10.0. The highest BCUT2D eigenvalue weighted by Crippen LogP contribution is 2.39. The summed E-state index contributed by atoms with van der Waals surface area (Å²) in [6.45, 7) is 2.51. The minimum atomic E-state index is -0.566. The number of halogens is 1. The van der Waals surface area contributed by atoms with Crippen molar-refractivity contribution in [3.05, 3.63) is 75.4 Å². The van der Waals surface area contributed by atoms with E-state index in [1.165, 1.54) is 11.3 Å². The molecule has 7 nitrogen and oxygen atoms in total. The van der Waals surface area contributed by atoms with Gasteiger partial charge in [-0.2, -0.15) is 0 Å². The lowest BCUT2D eigenvalue weighted by Gasteiger charge is -2.17. The Labute approximate surface area is 194 Å². The molecule has 0 bridgehead atoms. The summed E-state index contributed by atoms with van der Waals surface area (Å²) >= 11 is 7.72. The monoisotopic (exact) mass is 470 g/mol. The van der Waals surface area contributed by atoms with Crippen LogP contribution >= 0.6 is 22.9 Å². The molecule has 9 heteroatoms. The lowest BCUT2D eigenvalue weighted by molar-refractivity contribution is 0.0998. The summed E-state index contributed by atoms with van der Waals surface area (Å²) in [4.78, 5) is 17.6. The van der Waals surface area contributed by atoms with E-state index in [1.807, 2.05) is 54.9 Å². The third-order valence-corrected chi connectivity index (χ3v) is 6.59. The predicted molar refractivity (Wildman–Crippen MR) is 126 cm³/mol. The highest BCUT2D eigenvalue weighted by molar-refractivity contribution is 7.17. The van der Waals surface area contributed by atoms with E-state index in [0.29, 0.717) is 22.2 Å². The molecule has 166 valence electrons. The van der Waals surface area contributed by atoms with Crippen LogP contribution < -0.4 is 15.8 Å². The first-order valence-corrected chi connectivity index (χ1v) is 11.2. The maximum absolute atomic E-state index is 12.1. The number of pyridine rings is 1. The van der Waals surface area contributed by atoms with Crippen LogP contribution in [0.15, 0.2) is 48.8 Å². The number of amides is 1. The highest BCUT2D eigenvalue weighted by atomic mass is 35.5. The molecule has 0 saturated heterocycles. The van der Waals surface area contributed by atoms with Crippen LogP contribution in [0.1, 0.15) is 39.4 Å². The number of benzene rings is 1. The smallest absolute Gasteiger partial charge is 0.262 e. The van der Waals surface area contributed by atoms with Crippen LogP contribution in [0.2, 0.25) is 5.02 Å². The number of hydrogen-bond acceptors (Lipinski definition) is 6. The fourth-order valence-electron chi connectivity index (χ4n) is 3.53. The number of nitrogens with zero attached hydrogens (tertiary/aromatic N) is 2. The van der Waals surface area contributed by atoms with Crippen molar-refractivity contribution in [2.24, 2.45) is 5.73 Å². The third kappa shape index (κ3) is 4.35. The molecular weight excluding hydrogens is 448 g/mol. The number of aliphatic hydroxyl groups excluding tert-OH is 1. The summed E-state index contributed by atoms with van der Waals surface area (Å²) in [6.07, 6.45) is 3.14. The number of aromatic nitrogens is 2. The van der Waals surface area contributed by atoms with E-state index in [9.17, 15) is 9.90 Å². The second-order valence-corrected chi connectivity index (χ2v) is 8.84. The molecule has 1 amide bonds. The normalized spacial score (nSPS) is 12.2. The van der Waals surface area contributed by atoms with Gasteiger partial charge in [0.2, 0.25) is 0 Å². The largest absolute Gasteiger partial charge is 0.484 e. The molecule has 32 heavy (non-hydrogen) atoms. The number of carbonyl (C=O) groups excluding carboxylic acids is 1. The fraction of sp³-hybridized carbons (Fsp3) is 0.217. The van der Waals surface area contributed by atoms with Crippen molar-refractivity contribution in [1.82, 2.24) is 14.7 Å². The van der Waals surface area contributed by atoms with Crippen molar-refractivity contribution in [3.63, 3.8) is 0 Å². The minimum Gasteiger partial charge on any atom is -0.484 e. The Bertz CT molecular complexity index is 1280. The second-order valence-electron chi connectivity index (χ2n) is 7.38. The van der Waals surface area contributed by atoms with E-state index in [4.69, 9.17) is 22.1 Å². The maximum Gasteiger partial charge on any atom is 0.262 e. The standard InChI is InChI=1S/C23H23ClN4O3S/c1-13(16-5-3-14(9-26-2)7-17(16)24)31-19-8-20(32-22(19)23(25)30)18-10-27-21-6-4-15(12-29)11-28(18)21/h3-8,10-11,13,26,29H,9,12H2,1-2H3,(H2,25,30)/t13-/m1/s1. The quantitative estimate of drug-likeness (QED) is 0.359. The van der Waals surface area contributed by atoms with E-state index in [0.717, 1.165) is 32.9 Å². The van der Waals surface area contributed by atoms with Gasteiger partial charge in [0.15, 0.2) is 0 Å². The molecule has 1 aromatic carbocycles. The number of primary amides is 1. The number of carbonyl (C=O) groups is 1. The zero-order valence-corrected chi connectivity index (χ0v) is 19.2. The number of rotatable bonds is 8. The van der Waals surface area contributed by atoms with E-state index < -0.39 is 12.0 Å². The van der Waals surface area contributed by atoms with Gasteiger partial charge in [-0.05, 0) is 37.2 Å². The molecule has 4 N–H and O–H groups in total. The molecule has 3 heterocycles. The molecule has 0 radical (unpaired) electrons. The lowest BCUT2D eigenvalue weighted by atomic mass is 10.1. The van der Waals surface area contributed by atoms with Gasteiger partial charge in [-0.25, -0.2) is 4.98 Å². The number of imidazole rings is 1. The molecule has 1 atom stereocenters. The van der Waals surface area contributed by atoms with E-state index in [2.05, 4.69) is 10.3 Å². The third-order valence-electron chi connectivity index (χ3n) is 5.11. The van der Waals surface area contributed by atoms with Crippen LogP contribution in [0.25, 0.3) is 16.2 Å². The van der Waals surface area contributed by atoms with Crippen LogP contribution in [0.5, 0.6) is 5.75 Å². The van der Waals surface area contributed by atoms with Crippen LogP contribution in [-0.2, 0) is 13.2 Å². The number of nitrogens with two attached hydrogens (primary N) is 1. The molecule has 0 aliphatic rings. The number of thiophene rings is 1. The van der Waals surface area contributed by atoms with Crippen molar-refractivity contribution in [2.75, 3.05) is 7.05 Å². The topological polar surface area (TPSA) is 102 Å². The number of fused-ring (bicyclic) bond motifs is 1. The van der Waals surface area contributed by atoms with Gasteiger partial charge in [0.25, 0.3) is 5.91 Å². The zero-order valence-electron chi connectivity index (χ0n) is 17.6. The molecule has 0 spiro atoms. The first-order chi connectivity index (χ1) is 15.4. The number of ether oxygens (including phenoxy) is 1. The minimum absolute atomic E-state index is 0.0791. The van der Waals surface area contributed by atoms with Crippen LogP contribution in [0.3, 0.4) is 0 Å².